The first kappa shape index (κ1) is 26.3. The molecule has 0 aromatic heterocycles. The van der Waals surface area contributed by atoms with Gasteiger partial charge in [0.25, 0.3) is 5.91 Å². The normalized spacial score (nSPS) is 11.7. The lowest BCUT2D eigenvalue weighted by Crippen LogP contribution is -2.52. The standard InChI is InChI=1S/C29H33ClN2O3/c1-21(2)18-31-29(34)27(17-23-10-5-4-6-11-23)32(19-24-12-8-13-25(30)16-24)28(33)20-35-26-14-7-9-22(3)15-26/h4-16,21,27H,17-20H2,1-3H3,(H,31,34). The molecule has 5 nitrogen and oxygen atoms in total. The lowest BCUT2D eigenvalue weighted by molar-refractivity contribution is -0.142. The van der Waals surface area contributed by atoms with Gasteiger partial charge in [-0.15, -0.1) is 0 Å². The van der Waals surface area contributed by atoms with E-state index in [0.29, 0.717) is 23.7 Å². The molecule has 3 aromatic rings. The van der Waals surface area contributed by atoms with E-state index in [2.05, 4.69) is 5.32 Å². The minimum Gasteiger partial charge on any atom is -0.484 e. The third kappa shape index (κ3) is 8.45. The second-order valence-corrected chi connectivity index (χ2v) is 9.54. The van der Waals surface area contributed by atoms with Gasteiger partial charge in [-0.1, -0.05) is 80.0 Å². The van der Waals surface area contributed by atoms with Crippen molar-refractivity contribution < 1.29 is 14.3 Å². The van der Waals surface area contributed by atoms with Crippen molar-refractivity contribution in [3.8, 4) is 5.75 Å². The molecule has 0 fully saturated rings. The van der Waals surface area contributed by atoms with Crippen LogP contribution >= 0.6 is 11.6 Å². The van der Waals surface area contributed by atoms with Gasteiger partial charge in [0.15, 0.2) is 6.61 Å². The maximum atomic E-state index is 13.6. The second-order valence-electron chi connectivity index (χ2n) is 9.10. The summed E-state index contributed by atoms with van der Waals surface area (Å²) < 4.78 is 5.82. The van der Waals surface area contributed by atoms with E-state index in [1.165, 1.54) is 0 Å². The molecule has 0 aliphatic rings. The summed E-state index contributed by atoms with van der Waals surface area (Å²) in [6, 6.07) is 23.9. The van der Waals surface area contributed by atoms with Crippen molar-refractivity contribution in [1.29, 1.82) is 0 Å². The first-order chi connectivity index (χ1) is 16.8. The van der Waals surface area contributed by atoms with Crippen molar-refractivity contribution in [3.05, 3.63) is 101 Å². The molecule has 0 heterocycles. The Morgan fingerprint density at radius 3 is 2.34 bits per heavy atom. The molecule has 35 heavy (non-hydrogen) atoms. The molecule has 0 saturated heterocycles. The number of rotatable bonds is 11. The first-order valence-electron chi connectivity index (χ1n) is 11.9. The fraction of sp³-hybridized carbons (Fsp3) is 0.310. The Morgan fingerprint density at radius 2 is 1.66 bits per heavy atom. The van der Waals surface area contributed by atoms with Crippen molar-refractivity contribution in [2.24, 2.45) is 5.92 Å². The van der Waals surface area contributed by atoms with Gasteiger partial charge < -0.3 is 15.0 Å². The average molecular weight is 493 g/mol. The average Bonchev–Trinajstić information content (AvgIpc) is 2.84. The highest BCUT2D eigenvalue weighted by Crippen LogP contribution is 2.19. The van der Waals surface area contributed by atoms with Crippen LogP contribution < -0.4 is 10.1 Å². The predicted octanol–water partition coefficient (Wildman–Crippen LogP) is 5.44. The molecule has 0 aliphatic carbocycles. The van der Waals surface area contributed by atoms with Crippen LogP contribution in [0.5, 0.6) is 5.75 Å². The Labute approximate surface area is 213 Å². The van der Waals surface area contributed by atoms with Gasteiger partial charge in [-0.05, 0) is 53.8 Å². The van der Waals surface area contributed by atoms with E-state index in [-0.39, 0.29) is 30.9 Å². The van der Waals surface area contributed by atoms with Crippen molar-refractivity contribution in [2.45, 2.75) is 39.8 Å². The minimum absolute atomic E-state index is 0.174. The Bertz CT molecular complexity index is 1120. The number of benzene rings is 3. The Morgan fingerprint density at radius 1 is 0.943 bits per heavy atom. The Kier molecular flexibility index (Phi) is 9.74. The quantitative estimate of drug-likeness (QED) is 0.387. The van der Waals surface area contributed by atoms with Gasteiger partial charge in [0.05, 0.1) is 0 Å². The highest BCUT2D eigenvalue weighted by Gasteiger charge is 2.30. The van der Waals surface area contributed by atoms with Gasteiger partial charge in [0, 0.05) is 24.5 Å². The molecule has 184 valence electrons. The summed E-state index contributed by atoms with van der Waals surface area (Å²) in [6.45, 7) is 6.64. The zero-order chi connectivity index (χ0) is 25.2. The van der Waals surface area contributed by atoms with E-state index < -0.39 is 6.04 Å². The maximum absolute atomic E-state index is 13.6. The van der Waals surface area contributed by atoms with E-state index in [4.69, 9.17) is 16.3 Å². The SMILES string of the molecule is Cc1cccc(OCC(=O)N(Cc2cccc(Cl)c2)C(Cc2ccccc2)C(=O)NCC(C)C)c1. The third-order valence-corrected chi connectivity index (χ3v) is 5.78. The van der Waals surface area contributed by atoms with Gasteiger partial charge in [-0.25, -0.2) is 0 Å². The number of aryl methyl sites for hydroxylation is 1. The van der Waals surface area contributed by atoms with Gasteiger partial charge in [-0.2, -0.15) is 0 Å². The van der Waals surface area contributed by atoms with Crippen molar-refractivity contribution >= 4 is 23.4 Å². The number of hydrogen-bond acceptors (Lipinski definition) is 3. The van der Waals surface area contributed by atoms with Crippen LogP contribution in [0, 0.1) is 12.8 Å². The second kappa shape index (κ2) is 13.0. The molecule has 0 aliphatic heterocycles. The lowest BCUT2D eigenvalue weighted by atomic mass is 10.0. The summed E-state index contributed by atoms with van der Waals surface area (Å²) in [5.74, 6) is 0.448. The van der Waals surface area contributed by atoms with Crippen LogP contribution in [0.25, 0.3) is 0 Å². The predicted molar refractivity (Wildman–Crippen MR) is 140 cm³/mol. The molecule has 3 rings (SSSR count). The first-order valence-corrected chi connectivity index (χ1v) is 12.2. The molecule has 0 saturated carbocycles. The molecule has 1 N–H and O–H groups in total. The summed E-state index contributed by atoms with van der Waals surface area (Å²) in [7, 11) is 0. The van der Waals surface area contributed by atoms with E-state index >= 15 is 0 Å². The van der Waals surface area contributed by atoms with Crippen molar-refractivity contribution in [3.63, 3.8) is 0 Å². The Balaban J connectivity index is 1.90. The largest absolute Gasteiger partial charge is 0.484 e. The van der Waals surface area contributed by atoms with Crippen LogP contribution in [0.15, 0.2) is 78.9 Å². The van der Waals surface area contributed by atoms with Crippen LogP contribution in [0.2, 0.25) is 5.02 Å². The third-order valence-electron chi connectivity index (χ3n) is 5.55. The van der Waals surface area contributed by atoms with Crippen molar-refractivity contribution in [1.82, 2.24) is 10.2 Å². The van der Waals surface area contributed by atoms with Crippen LogP contribution in [0.4, 0.5) is 0 Å². The fourth-order valence-electron chi connectivity index (χ4n) is 3.74. The summed E-state index contributed by atoms with van der Waals surface area (Å²) in [5.41, 5.74) is 2.86. The zero-order valence-corrected chi connectivity index (χ0v) is 21.3. The molecule has 0 radical (unpaired) electrons. The number of nitrogens with one attached hydrogen (secondary N) is 1. The van der Waals surface area contributed by atoms with Crippen LogP contribution in [0.1, 0.15) is 30.5 Å². The summed E-state index contributed by atoms with van der Waals surface area (Å²) >= 11 is 6.21. The molecular weight excluding hydrogens is 460 g/mol. The molecule has 3 aromatic carbocycles. The maximum Gasteiger partial charge on any atom is 0.261 e. The van der Waals surface area contributed by atoms with Gasteiger partial charge in [-0.3, -0.25) is 9.59 Å². The number of hydrogen-bond donors (Lipinski definition) is 1. The number of amides is 2. The number of carbonyl (C=O) groups is 2. The molecule has 1 atom stereocenters. The molecule has 0 bridgehead atoms. The van der Waals surface area contributed by atoms with Crippen LogP contribution in [-0.2, 0) is 22.6 Å². The van der Waals surface area contributed by atoms with Crippen LogP contribution in [-0.4, -0.2) is 35.9 Å². The van der Waals surface area contributed by atoms with Gasteiger partial charge in [0.2, 0.25) is 5.91 Å². The summed E-state index contributed by atoms with van der Waals surface area (Å²) in [6.07, 6.45) is 0.390. The zero-order valence-electron chi connectivity index (χ0n) is 20.5. The molecule has 1 unspecified atom stereocenters. The lowest BCUT2D eigenvalue weighted by Gasteiger charge is -2.31. The van der Waals surface area contributed by atoms with E-state index in [1.54, 1.807) is 11.0 Å². The van der Waals surface area contributed by atoms with E-state index in [0.717, 1.165) is 16.7 Å². The molecule has 0 spiro atoms. The smallest absolute Gasteiger partial charge is 0.261 e. The highest BCUT2D eigenvalue weighted by atomic mass is 35.5. The van der Waals surface area contributed by atoms with Crippen molar-refractivity contribution in [2.75, 3.05) is 13.2 Å². The molecular formula is C29H33ClN2O3. The number of nitrogens with zero attached hydrogens (tertiary/aromatic N) is 1. The van der Waals surface area contributed by atoms with E-state index in [9.17, 15) is 9.59 Å². The van der Waals surface area contributed by atoms with Crippen LogP contribution in [0.3, 0.4) is 0 Å². The van der Waals surface area contributed by atoms with Gasteiger partial charge >= 0.3 is 0 Å². The fourth-order valence-corrected chi connectivity index (χ4v) is 3.95. The monoisotopic (exact) mass is 492 g/mol. The topological polar surface area (TPSA) is 58.6 Å². The number of ether oxygens (including phenoxy) is 1. The molecule has 6 heteroatoms. The summed E-state index contributed by atoms with van der Waals surface area (Å²) in [5, 5.41) is 3.60. The summed E-state index contributed by atoms with van der Waals surface area (Å²) in [4.78, 5) is 28.6. The number of halogens is 1. The Hall–Kier alpha value is -3.31. The number of carbonyl (C=O) groups excluding carboxylic acids is 2. The molecule has 2 amide bonds. The highest BCUT2D eigenvalue weighted by molar-refractivity contribution is 6.30. The minimum atomic E-state index is -0.705. The van der Waals surface area contributed by atoms with Gasteiger partial charge in [0.1, 0.15) is 11.8 Å². The van der Waals surface area contributed by atoms with E-state index in [1.807, 2.05) is 93.6 Å².